The van der Waals surface area contributed by atoms with Crippen LogP contribution in [0.4, 0.5) is 4.79 Å². The molecule has 1 aromatic heterocycles. The van der Waals surface area contributed by atoms with Crippen LogP contribution in [0.3, 0.4) is 0 Å². The molecule has 0 atom stereocenters. The lowest BCUT2D eigenvalue weighted by Gasteiger charge is -2.35. The minimum Gasteiger partial charge on any atom is -0.448 e. The highest BCUT2D eigenvalue weighted by Crippen LogP contribution is 2.28. The van der Waals surface area contributed by atoms with Crippen molar-refractivity contribution >= 4 is 22.9 Å². The van der Waals surface area contributed by atoms with Crippen molar-refractivity contribution in [2.24, 2.45) is 0 Å². The largest absolute Gasteiger partial charge is 0.448 e. The number of rotatable bonds is 3. The molecule has 2 aromatic rings. The third-order valence-corrected chi connectivity index (χ3v) is 5.95. The van der Waals surface area contributed by atoms with Gasteiger partial charge in [-0.3, -0.25) is 4.79 Å². The molecule has 2 aliphatic rings. The molecule has 6 heteroatoms. The average molecular weight is 369 g/mol. The number of hydrogen-bond donors (Lipinski definition) is 1. The Hall–Kier alpha value is -2.50. The van der Waals surface area contributed by atoms with Gasteiger partial charge in [0.1, 0.15) is 6.61 Å². The molecular weight excluding hydrogens is 342 g/mol. The second kappa shape index (κ2) is 6.91. The second-order valence-electron chi connectivity index (χ2n) is 7.83. The molecular formula is C21H27N3O3. The predicted octanol–water partition coefficient (Wildman–Crippen LogP) is 3.08. The minimum absolute atomic E-state index is 0.167. The van der Waals surface area contributed by atoms with Gasteiger partial charge in [0.25, 0.3) is 0 Å². The summed E-state index contributed by atoms with van der Waals surface area (Å²) in [6.07, 6.45) is 1.86. The van der Waals surface area contributed by atoms with Gasteiger partial charge in [-0.25, -0.2) is 4.79 Å². The molecule has 4 rings (SSSR count). The molecule has 0 radical (unpaired) electrons. The summed E-state index contributed by atoms with van der Waals surface area (Å²) in [7, 11) is 0. The van der Waals surface area contributed by atoms with Crippen LogP contribution in [-0.2, 0) is 16.0 Å². The number of aromatic amines is 1. The number of aryl methyl sites for hydroxylation is 3. The first kappa shape index (κ1) is 17.9. The molecule has 27 heavy (non-hydrogen) atoms. The number of hydrogen-bond acceptors (Lipinski definition) is 3. The molecule has 2 fully saturated rings. The van der Waals surface area contributed by atoms with E-state index in [-0.39, 0.29) is 18.0 Å². The lowest BCUT2D eigenvalue weighted by molar-refractivity contribution is -0.131. The summed E-state index contributed by atoms with van der Waals surface area (Å²) in [6, 6.07) is 4.53. The number of likely N-dealkylation sites (tertiary alicyclic amines) is 1. The molecule has 0 aliphatic carbocycles. The van der Waals surface area contributed by atoms with Crippen molar-refractivity contribution < 1.29 is 14.3 Å². The van der Waals surface area contributed by atoms with Crippen LogP contribution < -0.4 is 0 Å². The van der Waals surface area contributed by atoms with Gasteiger partial charge in [-0.15, -0.1) is 0 Å². The number of nitrogens with zero attached hydrogens (tertiary/aromatic N) is 2. The van der Waals surface area contributed by atoms with Gasteiger partial charge in [-0.2, -0.15) is 0 Å². The smallest absolute Gasteiger partial charge is 0.410 e. The van der Waals surface area contributed by atoms with E-state index in [4.69, 9.17) is 4.74 Å². The summed E-state index contributed by atoms with van der Waals surface area (Å²) in [5, 5.41) is 1.16. The van der Waals surface area contributed by atoms with Crippen molar-refractivity contribution in [1.29, 1.82) is 0 Å². The van der Waals surface area contributed by atoms with Crippen LogP contribution in [0.2, 0.25) is 0 Å². The van der Waals surface area contributed by atoms with Crippen LogP contribution in [0.25, 0.3) is 10.9 Å². The Bertz CT molecular complexity index is 894. The number of nitrogens with one attached hydrogen (secondary N) is 1. The van der Waals surface area contributed by atoms with Gasteiger partial charge in [-0.1, -0.05) is 11.6 Å². The number of H-pyrrole nitrogens is 1. The summed E-state index contributed by atoms with van der Waals surface area (Å²) < 4.78 is 5.04. The fourth-order valence-corrected chi connectivity index (χ4v) is 4.49. The van der Waals surface area contributed by atoms with Crippen molar-refractivity contribution in [3.05, 3.63) is 34.5 Å². The molecule has 1 N–H and O–H groups in total. The molecule has 1 aromatic carbocycles. The van der Waals surface area contributed by atoms with Crippen LogP contribution in [-0.4, -0.2) is 59.1 Å². The van der Waals surface area contributed by atoms with Crippen molar-refractivity contribution in [1.82, 2.24) is 14.8 Å². The lowest BCUT2D eigenvalue weighted by atomic mass is 10.0. The summed E-state index contributed by atoms with van der Waals surface area (Å²) in [4.78, 5) is 31.9. The monoisotopic (exact) mass is 369 g/mol. The van der Waals surface area contributed by atoms with E-state index in [0.29, 0.717) is 32.7 Å². The standard InChI is InChI=1S/C21H27N3O3/c1-13-10-14(2)20-18(11-13)17(15(3)22-20)12-19(25)23-6-4-16(5-7-23)24-8-9-27-21(24)26/h10-11,16,22H,4-9,12H2,1-3H3. The highest BCUT2D eigenvalue weighted by Gasteiger charge is 2.33. The average Bonchev–Trinajstić information content (AvgIpc) is 3.20. The van der Waals surface area contributed by atoms with Gasteiger partial charge in [0.05, 0.1) is 13.0 Å². The molecule has 3 heterocycles. The first-order chi connectivity index (χ1) is 12.9. The van der Waals surface area contributed by atoms with Gasteiger partial charge in [-0.05, 0) is 50.8 Å². The number of fused-ring (bicyclic) bond motifs is 1. The Labute approximate surface area is 159 Å². The van der Waals surface area contributed by atoms with Crippen LogP contribution >= 0.6 is 0 Å². The number of amides is 2. The van der Waals surface area contributed by atoms with Crippen molar-refractivity contribution in [3.8, 4) is 0 Å². The van der Waals surface area contributed by atoms with Gasteiger partial charge in [0.15, 0.2) is 0 Å². The Kier molecular flexibility index (Phi) is 4.58. The molecule has 0 spiro atoms. The highest BCUT2D eigenvalue weighted by molar-refractivity contribution is 5.92. The Balaban J connectivity index is 1.45. The maximum Gasteiger partial charge on any atom is 0.410 e. The van der Waals surface area contributed by atoms with Gasteiger partial charge in [0, 0.05) is 35.7 Å². The van der Waals surface area contributed by atoms with E-state index in [1.807, 2.05) is 16.7 Å². The second-order valence-corrected chi connectivity index (χ2v) is 7.83. The van der Waals surface area contributed by atoms with Crippen LogP contribution in [0.5, 0.6) is 0 Å². The zero-order chi connectivity index (χ0) is 19.1. The summed E-state index contributed by atoms with van der Waals surface area (Å²) in [5.41, 5.74) is 5.73. The topological polar surface area (TPSA) is 65.6 Å². The first-order valence-corrected chi connectivity index (χ1v) is 9.73. The SMILES string of the molecule is Cc1cc(C)c2[nH]c(C)c(CC(=O)N3CCC(N4CCOC4=O)CC3)c2c1. The molecule has 0 unspecified atom stereocenters. The minimum atomic E-state index is -0.208. The first-order valence-electron chi connectivity index (χ1n) is 9.73. The maximum atomic E-state index is 12.9. The number of aromatic nitrogens is 1. The number of cyclic esters (lactones) is 1. The van der Waals surface area contributed by atoms with Crippen LogP contribution in [0, 0.1) is 20.8 Å². The zero-order valence-electron chi connectivity index (χ0n) is 16.3. The Morgan fingerprint density at radius 1 is 1.19 bits per heavy atom. The number of carbonyl (C=O) groups is 2. The third-order valence-electron chi connectivity index (χ3n) is 5.95. The number of carbonyl (C=O) groups excluding carboxylic acids is 2. The van der Waals surface area contributed by atoms with E-state index in [2.05, 4.69) is 31.0 Å². The Morgan fingerprint density at radius 3 is 2.59 bits per heavy atom. The maximum absolute atomic E-state index is 12.9. The van der Waals surface area contributed by atoms with E-state index in [0.717, 1.165) is 35.0 Å². The summed E-state index contributed by atoms with van der Waals surface area (Å²) in [6.45, 7) is 8.79. The number of benzene rings is 1. The van der Waals surface area contributed by atoms with Gasteiger partial charge >= 0.3 is 6.09 Å². The summed E-state index contributed by atoms with van der Waals surface area (Å²) >= 11 is 0. The molecule has 0 saturated carbocycles. The quantitative estimate of drug-likeness (QED) is 0.904. The van der Waals surface area contributed by atoms with Crippen molar-refractivity contribution in [2.75, 3.05) is 26.2 Å². The summed E-state index contributed by atoms with van der Waals surface area (Å²) in [5.74, 6) is 0.167. The van der Waals surface area contributed by atoms with E-state index in [1.165, 1.54) is 11.1 Å². The third kappa shape index (κ3) is 3.29. The number of piperidine rings is 1. The van der Waals surface area contributed by atoms with E-state index in [1.54, 1.807) is 0 Å². The molecule has 144 valence electrons. The molecule has 2 amide bonds. The fourth-order valence-electron chi connectivity index (χ4n) is 4.49. The molecule has 2 aliphatic heterocycles. The Morgan fingerprint density at radius 2 is 1.93 bits per heavy atom. The van der Waals surface area contributed by atoms with Crippen LogP contribution in [0.15, 0.2) is 12.1 Å². The van der Waals surface area contributed by atoms with Gasteiger partial charge in [0.2, 0.25) is 5.91 Å². The fraction of sp³-hybridized carbons (Fsp3) is 0.524. The molecule has 2 saturated heterocycles. The van der Waals surface area contributed by atoms with Crippen molar-refractivity contribution in [2.45, 2.75) is 46.1 Å². The van der Waals surface area contributed by atoms with E-state index < -0.39 is 0 Å². The van der Waals surface area contributed by atoms with E-state index >= 15 is 0 Å². The highest BCUT2D eigenvalue weighted by atomic mass is 16.6. The lowest BCUT2D eigenvalue weighted by Crippen LogP contribution is -2.47. The number of ether oxygens (including phenoxy) is 1. The molecule has 6 nitrogen and oxygen atoms in total. The van der Waals surface area contributed by atoms with E-state index in [9.17, 15) is 9.59 Å². The predicted molar refractivity (Wildman–Crippen MR) is 104 cm³/mol. The van der Waals surface area contributed by atoms with Gasteiger partial charge < -0.3 is 19.5 Å². The van der Waals surface area contributed by atoms with Crippen molar-refractivity contribution in [3.63, 3.8) is 0 Å². The normalized spacial score (nSPS) is 18.4. The molecule has 0 bridgehead atoms. The zero-order valence-corrected chi connectivity index (χ0v) is 16.3. The van der Waals surface area contributed by atoms with Crippen LogP contribution in [0.1, 0.15) is 35.2 Å².